The zero-order valence-corrected chi connectivity index (χ0v) is 6.48. The Hall–Kier alpha value is -0.580. The molecule has 0 aliphatic rings. The summed E-state index contributed by atoms with van der Waals surface area (Å²) >= 11 is 0. The van der Waals surface area contributed by atoms with E-state index in [1.54, 1.807) is 6.92 Å². The highest BCUT2D eigenvalue weighted by molar-refractivity contribution is 7.91. The normalized spacial score (nSPS) is 10.9. The third-order valence-electron chi connectivity index (χ3n) is 0.995. The highest BCUT2D eigenvalue weighted by Crippen LogP contribution is 1.87. The van der Waals surface area contributed by atoms with E-state index >= 15 is 0 Å². The van der Waals surface area contributed by atoms with E-state index in [4.69, 9.17) is 0 Å². The monoisotopic (exact) mass is 165 g/mol. The minimum Gasteiger partial charge on any atom is -0.456 e. The molecule has 0 amide bonds. The van der Waals surface area contributed by atoms with Crippen LogP contribution in [-0.4, -0.2) is 33.0 Å². The van der Waals surface area contributed by atoms with E-state index in [9.17, 15) is 13.2 Å². The summed E-state index contributed by atoms with van der Waals surface area (Å²) in [6, 6.07) is 0. The Bertz CT molecular complexity index is 182. The molecule has 0 unspecified atom stereocenters. The molecular formula is C5H9O4S. The predicted molar refractivity (Wildman–Crippen MR) is 36.0 cm³/mol. The lowest BCUT2D eigenvalue weighted by molar-refractivity contribution is 0.297. The molecule has 0 aromatic heterocycles. The van der Waals surface area contributed by atoms with Gasteiger partial charge in [0.05, 0.1) is 5.75 Å². The van der Waals surface area contributed by atoms with Crippen LogP contribution < -0.4 is 0 Å². The summed E-state index contributed by atoms with van der Waals surface area (Å²) in [7, 11) is -3.00. The van der Waals surface area contributed by atoms with Crippen LogP contribution in [0.1, 0.15) is 6.92 Å². The molecule has 1 radical (unpaired) electrons. The largest absolute Gasteiger partial charge is 0.456 e. The number of ether oxygens (including phenoxy) is 1. The Labute approximate surface area is 60.1 Å². The summed E-state index contributed by atoms with van der Waals surface area (Å²) in [5.41, 5.74) is 0. The Morgan fingerprint density at radius 1 is 1.50 bits per heavy atom. The van der Waals surface area contributed by atoms with Gasteiger partial charge in [-0.2, -0.15) is 0 Å². The maximum atomic E-state index is 10.7. The minimum atomic E-state index is -3.00. The molecule has 0 aromatic carbocycles. The topological polar surface area (TPSA) is 60.4 Å². The van der Waals surface area contributed by atoms with Gasteiger partial charge in [0.15, 0.2) is 9.84 Å². The van der Waals surface area contributed by atoms with Crippen molar-refractivity contribution in [3.8, 4) is 0 Å². The van der Waals surface area contributed by atoms with Crippen molar-refractivity contribution in [3.63, 3.8) is 0 Å². The highest BCUT2D eigenvalue weighted by atomic mass is 32.2. The van der Waals surface area contributed by atoms with Crippen LogP contribution in [0.3, 0.4) is 0 Å². The van der Waals surface area contributed by atoms with E-state index in [1.165, 1.54) is 0 Å². The van der Waals surface area contributed by atoms with Gasteiger partial charge in [-0.15, -0.1) is 0 Å². The second-order valence-corrected chi connectivity index (χ2v) is 4.14. The average Bonchev–Trinajstić information content (AvgIpc) is 1.89. The number of carbonyl (C=O) groups excluding carboxylic acids is 1. The van der Waals surface area contributed by atoms with E-state index in [0.29, 0.717) is 0 Å². The number of sulfone groups is 1. The van der Waals surface area contributed by atoms with Crippen molar-refractivity contribution in [2.75, 3.05) is 18.1 Å². The van der Waals surface area contributed by atoms with E-state index < -0.39 is 9.84 Å². The van der Waals surface area contributed by atoms with Gasteiger partial charge in [0, 0.05) is 5.75 Å². The SMILES string of the molecule is CCS(=O)(=O)CCO[C]=O. The van der Waals surface area contributed by atoms with Crippen LogP contribution in [0.4, 0.5) is 0 Å². The molecule has 0 atom stereocenters. The molecule has 0 heterocycles. The van der Waals surface area contributed by atoms with Gasteiger partial charge in [-0.3, -0.25) is 0 Å². The summed E-state index contributed by atoms with van der Waals surface area (Å²) in [4.78, 5) is 9.44. The van der Waals surface area contributed by atoms with Crippen molar-refractivity contribution in [2.45, 2.75) is 6.92 Å². The van der Waals surface area contributed by atoms with E-state index in [1.807, 2.05) is 0 Å². The Balaban J connectivity index is 3.58. The minimum absolute atomic E-state index is 0.0786. The lowest BCUT2D eigenvalue weighted by Crippen LogP contribution is -2.13. The van der Waals surface area contributed by atoms with Gasteiger partial charge >= 0.3 is 6.47 Å². The Morgan fingerprint density at radius 3 is 2.50 bits per heavy atom. The smallest absolute Gasteiger partial charge is 0.417 e. The van der Waals surface area contributed by atoms with Crippen molar-refractivity contribution >= 4 is 16.3 Å². The van der Waals surface area contributed by atoms with Crippen LogP contribution in [0.25, 0.3) is 0 Å². The highest BCUT2D eigenvalue weighted by Gasteiger charge is 2.05. The molecule has 0 bridgehead atoms. The average molecular weight is 165 g/mol. The van der Waals surface area contributed by atoms with E-state index in [2.05, 4.69) is 4.74 Å². The first-order valence-electron chi connectivity index (χ1n) is 2.81. The van der Waals surface area contributed by atoms with Gasteiger partial charge in [-0.25, -0.2) is 13.2 Å². The van der Waals surface area contributed by atoms with Gasteiger partial charge in [0.1, 0.15) is 6.61 Å². The van der Waals surface area contributed by atoms with Crippen LogP contribution in [-0.2, 0) is 19.4 Å². The molecule has 0 aliphatic heterocycles. The molecule has 0 fully saturated rings. The molecule has 0 aliphatic carbocycles. The van der Waals surface area contributed by atoms with Gasteiger partial charge in [-0.05, 0) is 0 Å². The third-order valence-corrected chi connectivity index (χ3v) is 2.66. The van der Waals surface area contributed by atoms with Crippen LogP contribution in [0.2, 0.25) is 0 Å². The molecule has 59 valence electrons. The van der Waals surface area contributed by atoms with Gasteiger partial charge in [0.2, 0.25) is 0 Å². The molecule has 0 saturated carbocycles. The van der Waals surface area contributed by atoms with Crippen molar-refractivity contribution in [1.82, 2.24) is 0 Å². The fourth-order valence-corrected chi connectivity index (χ4v) is 0.981. The van der Waals surface area contributed by atoms with Gasteiger partial charge in [0.25, 0.3) is 0 Å². The maximum absolute atomic E-state index is 10.7. The fraction of sp³-hybridized carbons (Fsp3) is 0.800. The number of rotatable bonds is 5. The van der Waals surface area contributed by atoms with E-state index in [0.717, 1.165) is 6.47 Å². The van der Waals surface area contributed by atoms with Crippen LogP contribution in [0.15, 0.2) is 0 Å². The molecule has 0 spiro atoms. The predicted octanol–water partition coefficient (Wildman–Crippen LogP) is -0.495. The summed E-state index contributed by atoms with van der Waals surface area (Å²) in [6.45, 7) is 2.59. The summed E-state index contributed by atoms with van der Waals surface area (Å²) in [5, 5.41) is 0. The standard InChI is InChI=1S/C5H9O4S/c1-2-10(7,8)4-3-9-5-6/h2-4H2,1H3. The lowest BCUT2D eigenvalue weighted by Gasteiger charge is -1.97. The van der Waals surface area contributed by atoms with Gasteiger partial charge < -0.3 is 4.74 Å². The van der Waals surface area contributed by atoms with Crippen LogP contribution in [0, 0.1) is 0 Å². The van der Waals surface area contributed by atoms with Crippen molar-refractivity contribution in [3.05, 3.63) is 0 Å². The van der Waals surface area contributed by atoms with Crippen LogP contribution in [0.5, 0.6) is 0 Å². The molecule has 0 N–H and O–H groups in total. The molecule has 5 heteroatoms. The van der Waals surface area contributed by atoms with Crippen LogP contribution >= 0.6 is 0 Å². The number of hydrogen-bond donors (Lipinski definition) is 0. The summed E-state index contributed by atoms with van der Waals surface area (Å²) < 4.78 is 25.4. The molecular weight excluding hydrogens is 156 g/mol. The summed E-state index contributed by atoms with van der Waals surface area (Å²) in [6.07, 6.45) is 0. The fourth-order valence-electron chi connectivity index (χ4n) is 0.355. The zero-order valence-electron chi connectivity index (χ0n) is 5.66. The molecule has 4 nitrogen and oxygen atoms in total. The van der Waals surface area contributed by atoms with Crippen molar-refractivity contribution < 1.29 is 17.9 Å². The second kappa shape index (κ2) is 4.27. The van der Waals surface area contributed by atoms with Crippen molar-refractivity contribution in [1.29, 1.82) is 0 Å². The Kier molecular flexibility index (Phi) is 4.02. The second-order valence-electron chi connectivity index (χ2n) is 1.67. The Morgan fingerprint density at radius 2 is 2.10 bits per heavy atom. The quantitative estimate of drug-likeness (QED) is 0.515. The molecule has 0 aromatic rings. The zero-order chi connectivity index (χ0) is 8.04. The molecule has 0 saturated heterocycles. The first-order chi connectivity index (χ1) is 4.62. The molecule has 10 heavy (non-hydrogen) atoms. The first-order valence-corrected chi connectivity index (χ1v) is 4.64. The first kappa shape index (κ1) is 9.42. The number of hydrogen-bond acceptors (Lipinski definition) is 4. The maximum Gasteiger partial charge on any atom is 0.417 e. The molecule has 0 rings (SSSR count). The van der Waals surface area contributed by atoms with Crippen molar-refractivity contribution in [2.24, 2.45) is 0 Å². The van der Waals surface area contributed by atoms with E-state index in [-0.39, 0.29) is 18.1 Å². The van der Waals surface area contributed by atoms with Gasteiger partial charge in [-0.1, -0.05) is 6.92 Å². The third kappa shape index (κ3) is 4.31. The summed E-state index contributed by atoms with van der Waals surface area (Å²) in [5.74, 6) is -0.0338. The lowest BCUT2D eigenvalue weighted by atomic mass is 10.9.